The molecule has 1 fully saturated rings. The zero-order valence-corrected chi connectivity index (χ0v) is 18.4. The average Bonchev–Trinajstić information content (AvgIpc) is 3.11. The highest BCUT2D eigenvalue weighted by molar-refractivity contribution is 6.31. The summed E-state index contributed by atoms with van der Waals surface area (Å²) in [7, 11) is 0. The first-order valence-corrected chi connectivity index (χ1v) is 11.1. The normalized spacial score (nSPS) is 17.5. The summed E-state index contributed by atoms with van der Waals surface area (Å²) >= 11 is 6.21. The number of benzene rings is 2. The van der Waals surface area contributed by atoms with E-state index >= 15 is 0 Å². The lowest BCUT2D eigenvalue weighted by Gasteiger charge is -2.32. The summed E-state index contributed by atoms with van der Waals surface area (Å²) in [6.45, 7) is 7.38. The van der Waals surface area contributed by atoms with Crippen molar-refractivity contribution in [1.82, 2.24) is 19.8 Å². The Hall–Kier alpha value is -2.37. The van der Waals surface area contributed by atoms with Crippen molar-refractivity contribution >= 4 is 28.5 Å². The minimum Gasteiger partial charge on any atom is -0.352 e. The summed E-state index contributed by atoms with van der Waals surface area (Å²) < 4.78 is 2.32. The fourth-order valence-corrected chi connectivity index (χ4v) is 4.57. The number of halogens is 1. The highest BCUT2D eigenvalue weighted by atomic mass is 35.5. The van der Waals surface area contributed by atoms with E-state index in [1.807, 2.05) is 30.3 Å². The number of para-hydroxylation sites is 2. The first-order valence-electron chi connectivity index (χ1n) is 10.7. The van der Waals surface area contributed by atoms with Crippen LogP contribution >= 0.6 is 11.6 Å². The molecular formula is C24H29ClN4O. The number of fused-ring (bicyclic) bond motifs is 1. The van der Waals surface area contributed by atoms with Gasteiger partial charge in [-0.05, 0) is 57.0 Å². The predicted molar refractivity (Wildman–Crippen MR) is 121 cm³/mol. The number of aromatic nitrogens is 2. The number of carbonyl (C=O) groups is 1. The molecule has 1 aliphatic heterocycles. The second kappa shape index (κ2) is 9.19. The number of hydrogen-bond donors (Lipinski definition) is 1. The highest BCUT2D eigenvalue weighted by Crippen LogP contribution is 2.24. The monoisotopic (exact) mass is 424 g/mol. The Morgan fingerprint density at radius 1 is 1.20 bits per heavy atom. The largest absolute Gasteiger partial charge is 0.352 e. The molecule has 0 unspecified atom stereocenters. The van der Waals surface area contributed by atoms with Gasteiger partial charge in [0.25, 0.3) is 0 Å². The first-order chi connectivity index (χ1) is 14.5. The molecule has 1 aliphatic rings. The number of imidazole rings is 1. The third-order valence-corrected chi connectivity index (χ3v) is 6.21. The number of likely N-dealkylation sites (tertiary alicyclic amines) is 1. The topological polar surface area (TPSA) is 50.2 Å². The van der Waals surface area contributed by atoms with Gasteiger partial charge in [-0.1, -0.05) is 41.9 Å². The fraction of sp³-hybridized carbons (Fsp3) is 0.417. The summed E-state index contributed by atoms with van der Waals surface area (Å²) in [5.41, 5.74) is 3.16. The Balaban J connectivity index is 1.42. The highest BCUT2D eigenvalue weighted by Gasteiger charge is 2.27. The molecule has 1 saturated heterocycles. The van der Waals surface area contributed by atoms with Gasteiger partial charge in [0.2, 0.25) is 5.91 Å². The van der Waals surface area contributed by atoms with Crippen molar-refractivity contribution in [2.24, 2.45) is 5.92 Å². The van der Waals surface area contributed by atoms with E-state index in [9.17, 15) is 4.79 Å². The molecule has 1 amide bonds. The zero-order chi connectivity index (χ0) is 21.1. The van der Waals surface area contributed by atoms with E-state index in [1.165, 1.54) is 5.52 Å². The van der Waals surface area contributed by atoms with E-state index < -0.39 is 0 Å². The molecule has 2 aromatic carbocycles. The quantitative estimate of drug-likeness (QED) is 0.618. The van der Waals surface area contributed by atoms with Gasteiger partial charge in [-0.25, -0.2) is 4.98 Å². The first kappa shape index (κ1) is 20.9. The maximum atomic E-state index is 12.8. The van der Waals surface area contributed by atoms with E-state index in [2.05, 4.69) is 46.8 Å². The van der Waals surface area contributed by atoms with Crippen LogP contribution in [0.5, 0.6) is 0 Å². The van der Waals surface area contributed by atoms with Crippen LogP contribution in [-0.2, 0) is 17.9 Å². The van der Waals surface area contributed by atoms with Crippen molar-refractivity contribution < 1.29 is 4.79 Å². The molecule has 0 bridgehead atoms. The molecule has 1 atom stereocenters. The third kappa shape index (κ3) is 4.52. The molecule has 1 aromatic heterocycles. The molecule has 158 valence electrons. The van der Waals surface area contributed by atoms with Crippen molar-refractivity contribution in [3.8, 4) is 0 Å². The van der Waals surface area contributed by atoms with Crippen molar-refractivity contribution in [2.75, 3.05) is 13.1 Å². The number of nitrogens with one attached hydrogen (secondary N) is 1. The molecule has 2 heterocycles. The van der Waals surface area contributed by atoms with Crippen LogP contribution < -0.4 is 5.32 Å². The Bertz CT molecular complexity index is 1030. The van der Waals surface area contributed by atoms with E-state index in [4.69, 9.17) is 16.6 Å². The number of amides is 1. The van der Waals surface area contributed by atoms with E-state index in [-0.39, 0.29) is 11.8 Å². The Morgan fingerprint density at radius 2 is 1.97 bits per heavy atom. The summed E-state index contributed by atoms with van der Waals surface area (Å²) in [6.07, 6.45) is 1.94. The number of nitrogens with zero attached hydrogens (tertiary/aromatic N) is 3. The molecule has 5 nitrogen and oxygen atoms in total. The number of rotatable bonds is 6. The lowest BCUT2D eigenvalue weighted by molar-refractivity contribution is -0.127. The molecule has 0 spiro atoms. The van der Waals surface area contributed by atoms with Crippen molar-refractivity contribution in [1.29, 1.82) is 0 Å². The summed E-state index contributed by atoms with van der Waals surface area (Å²) in [5, 5.41) is 3.76. The Morgan fingerprint density at radius 3 is 2.77 bits per heavy atom. The zero-order valence-electron chi connectivity index (χ0n) is 17.6. The average molecular weight is 425 g/mol. The van der Waals surface area contributed by atoms with Gasteiger partial charge in [0, 0.05) is 24.2 Å². The molecule has 0 aliphatic carbocycles. The second-order valence-corrected chi connectivity index (χ2v) is 8.77. The molecule has 0 radical (unpaired) electrons. The van der Waals surface area contributed by atoms with Crippen LogP contribution in [0.4, 0.5) is 0 Å². The van der Waals surface area contributed by atoms with Gasteiger partial charge in [0.1, 0.15) is 5.82 Å². The van der Waals surface area contributed by atoms with Crippen LogP contribution in [0.25, 0.3) is 11.0 Å². The smallest absolute Gasteiger partial charge is 0.224 e. The summed E-state index contributed by atoms with van der Waals surface area (Å²) in [6, 6.07) is 16.3. The van der Waals surface area contributed by atoms with E-state index in [0.717, 1.165) is 49.4 Å². The lowest BCUT2D eigenvalue weighted by Crippen LogP contribution is -2.42. The minimum atomic E-state index is -0.00174. The standard InChI is InChI=1S/C24H29ClN4O/c1-17(2)29-22-12-6-5-11-21(22)27-23(29)16-28-13-7-9-19(15-28)24(30)26-14-18-8-3-4-10-20(18)25/h3-6,8,10-12,17,19H,7,9,13-16H2,1-2H3,(H,26,30)/t19-/m1/s1. The Labute approximate surface area is 183 Å². The minimum absolute atomic E-state index is 0.00174. The maximum absolute atomic E-state index is 12.8. The fourth-order valence-electron chi connectivity index (χ4n) is 4.36. The van der Waals surface area contributed by atoms with Gasteiger partial charge in [0.05, 0.1) is 23.5 Å². The van der Waals surface area contributed by atoms with Crippen LogP contribution in [0, 0.1) is 5.92 Å². The molecule has 30 heavy (non-hydrogen) atoms. The van der Waals surface area contributed by atoms with Crippen LogP contribution in [0.2, 0.25) is 5.02 Å². The molecule has 1 N–H and O–H groups in total. The lowest BCUT2D eigenvalue weighted by atomic mass is 9.97. The second-order valence-electron chi connectivity index (χ2n) is 8.36. The van der Waals surface area contributed by atoms with Crippen LogP contribution in [0.15, 0.2) is 48.5 Å². The molecular weight excluding hydrogens is 396 g/mol. The molecule has 4 rings (SSSR count). The number of carbonyl (C=O) groups excluding carboxylic acids is 1. The summed E-state index contributed by atoms with van der Waals surface area (Å²) in [4.78, 5) is 20.0. The van der Waals surface area contributed by atoms with Crippen LogP contribution in [-0.4, -0.2) is 33.4 Å². The molecule has 6 heteroatoms. The van der Waals surface area contributed by atoms with Gasteiger partial charge in [-0.15, -0.1) is 0 Å². The van der Waals surface area contributed by atoms with E-state index in [0.29, 0.717) is 17.6 Å². The Kier molecular flexibility index (Phi) is 6.40. The molecule has 0 saturated carbocycles. The third-order valence-electron chi connectivity index (χ3n) is 5.84. The van der Waals surface area contributed by atoms with Crippen LogP contribution in [0.1, 0.15) is 44.1 Å². The number of hydrogen-bond acceptors (Lipinski definition) is 3. The van der Waals surface area contributed by atoms with Gasteiger partial charge < -0.3 is 9.88 Å². The summed E-state index contributed by atoms with van der Waals surface area (Å²) in [5.74, 6) is 1.18. The van der Waals surface area contributed by atoms with Gasteiger partial charge in [-0.2, -0.15) is 0 Å². The van der Waals surface area contributed by atoms with E-state index in [1.54, 1.807) is 0 Å². The SMILES string of the molecule is CC(C)n1c(CN2CCC[C@@H](C(=O)NCc3ccccc3Cl)C2)nc2ccccc21. The molecule has 3 aromatic rings. The van der Waals surface area contributed by atoms with Crippen LogP contribution in [0.3, 0.4) is 0 Å². The predicted octanol–water partition coefficient (Wildman–Crippen LogP) is 4.80. The van der Waals surface area contributed by atoms with Gasteiger partial charge in [0.15, 0.2) is 0 Å². The van der Waals surface area contributed by atoms with Crippen molar-refractivity contribution in [2.45, 2.75) is 45.8 Å². The van der Waals surface area contributed by atoms with Crippen molar-refractivity contribution in [3.05, 3.63) is 64.9 Å². The maximum Gasteiger partial charge on any atom is 0.224 e. The van der Waals surface area contributed by atoms with Gasteiger partial charge in [-0.3, -0.25) is 9.69 Å². The van der Waals surface area contributed by atoms with Crippen molar-refractivity contribution in [3.63, 3.8) is 0 Å². The van der Waals surface area contributed by atoms with Gasteiger partial charge >= 0.3 is 0 Å². The number of piperidine rings is 1.